The van der Waals surface area contributed by atoms with Crippen LogP contribution in [0.3, 0.4) is 0 Å². The molecule has 1 fully saturated rings. The van der Waals surface area contributed by atoms with Crippen LogP contribution in [-0.2, 0) is 9.47 Å². The summed E-state index contributed by atoms with van der Waals surface area (Å²) in [6.07, 6.45) is 4.93. The molecule has 0 aromatic rings. The lowest BCUT2D eigenvalue weighted by molar-refractivity contribution is -0.156. The number of alkyl halides is 1. The molecule has 4 nitrogen and oxygen atoms in total. The highest BCUT2D eigenvalue weighted by molar-refractivity contribution is 9.09. The third-order valence-corrected chi connectivity index (χ3v) is 3.97. The van der Waals surface area contributed by atoms with E-state index in [9.17, 15) is 0 Å². The number of ether oxygens (including phenoxy) is 2. The summed E-state index contributed by atoms with van der Waals surface area (Å²) in [7, 11) is 3.15. The molecule has 1 atom stereocenters. The third-order valence-electron chi connectivity index (χ3n) is 2.91. The van der Waals surface area contributed by atoms with Crippen LogP contribution >= 0.6 is 15.9 Å². The van der Waals surface area contributed by atoms with Gasteiger partial charge in [-0.05, 0) is 19.3 Å². The van der Waals surface area contributed by atoms with Crippen LogP contribution in [-0.4, -0.2) is 35.8 Å². The van der Waals surface area contributed by atoms with Crippen molar-refractivity contribution in [2.75, 3.05) is 14.2 Å². The molecule has 0 radical (unpaired) electrons. The van der Waals surface area contributed by atoms with Crippen molar-refractivity contribution in [2.24, 2.45) is 5.16 Å². The highest BCUT2D eigenvalue weighted by Gasteiger charge is 2.44. The fourth-order valence-electron chi connectivity index (χ4n) is 2.03. The number of methoxy groups -OCH3 is 2. The van der Waals surface area contributed by atoms with Crippen molar-refractivity contribution in [1.82, 2.24) is 0 Å². The van der Waals surface area contributed by atoms with Crippen LogP contribution in [0.2, 0.25) is 0 Å². The van der Waals surface area contributed by atoms with E-state index in [4.69, 9.17) is 14.7 Å². The second-order valence-electron chi connectivity index (χ2n) is 3.69. The molecule has 0 heterocycles. The Balaban J connectivity index is 2.97. The highest BCUT2D eigenvalue weighted by atomic mass is 79.9. The van der Waals surface area contributed by atoms with Crippen LogP contribution < -0.4 is 0 Å². The summed E-state index contributed by atoms with van der Waals surface area (Å²) in [5, 5.41) is 12.4. The number of hydrogen-bond donors (Lipinski definition) is 1. The molecule has 0 spiro atoms. The van der Waals surface area contributed by atoms with E-state index in [0.717, 1.165) is 25.7 Å². The minimum atomic E-state index is -0.921. The maximum Gasteiger partial charge on any atom is 0.224 e. The number of nitrogens with zero attached hydrogens (tertiary/aromatic N) is 1. The number of hydrogen-bond acceptors (Lipinski definition) is 4. The van der Waals surface area contributed by atoms with Gasteiger partial charge < -0.3 is 14.7 Å². The largest absolute Gasteiger partial charge is 0.411 e. The van der Waals surface area contributed by atoms with Crippen molar-refractivity contribution < 1.29 is 14.7 Å². The fraction of sp³-hybridized carbons (Fsp3) is 0.900. The van der Waals surface area contributed by atoms with Gasteiger partial charge in [-0.1, -0.05) is 33.9 Å². The van der Waals surface area contributed by atoms with Gasteiger partial charge in [0.05, 0.1) is 4.83 Å². The van der Waals surface area contributed by atoms with Crippen LogP contribution in [0, 0.1) is 0 Å². The summed E-state index contributed by atoms with van der Waals surface area (Å²) < 4.78 is 10.8. The van der Waals surface area contributed by atoms with Crippen LogP contribution in [0.15, 0.2) is 5.16 Å². The predicted octanol–water partition coefficient (Wildman–Crippen LogP) is 2.53. The second-order valence-corrected chi connectivity index (χ2v) is 4.79. The van der Waals surface area contributed by atoms with Crippen molar-refractivity contribution in [3.05, 3.63) is 0 Å². The predicted molar refractivity (Wildman–Crippen MR) is 61.8 cm³/mol. The SMILES string of the molecule is COC1(OC)C(=NO)CCCCCC1Br. The van der Waals surface area contributed by atoms with Gasteiger partial charge in [0.15, 0.2) is 0 Å². The van der Waals surface area contributed by atoms with Gasteiger partial charge in [0.25, 0.3) is 0 Å². The average molecular weight is 280 g/mol. The molecule has 88 valence electrons. The van der Waals surface area contributed by atoms with E-state index in [0.29, 0.717) is 12.1 Å². The van der Waals surface area contributed by atoms with E-state index in [1.165, 1.54) is 0 Å². The molecule has 0 saturated heterocycles. The van der Waals surface area contributed by atoms with Crippen LogP contribution in [0.25, 0.3) is 0 Å². The van der Waals surface area contributed by atoms with Gasteiger partial charge >= 0.3 is 0 Å². The minimum Gasteiger partial charge on any atom is -0.411 e. The first-order valence-electron chi connectivity index (χ1n) is 5.17. The normalized spacial score (nSPS) is 29.8. The standard InChI is InChI=1S/C10H18BrNO3/c1-14-10(15-2)8(11)6-4-3-5-7-9(10)12-13/h8,13H,3-7H2,1-2H3. The molecule has 1 N–H and O–H groups in total. The average Bonchev–Trinajstić information content (AvgIpc) is 2.25. The van der Waals surface area contributed by atoms with Gasteiger partial charge in [-0.2, -0.15) is 0 Å². The van der Waals surface area contributed by atoms with E-state index in [-0.39, 0.29) is 4.83 Å². The van der Waals surface area contributed by atoms with Gasteiger partial charge in [-0.15, -0.1) is 0 Å². The van der Waals surface area contributed by atoms with Crippen LogP contribution in [0.5, 0.6) is 0 Å². The molecule has 1 aliphatic carbocycles. The highest BCUT2D eigenvalue weighted by Crippen LogP contribution is 2.33. The van der Waals surface area contributed by atoms with E-state index < -0.39 is 5.79 Å². The zero-order valence-electron chi connectivity index (χ0n) is 9.20. The van der Waals surface area contributed by atoms with Crippen molar-refractivity contribution >= 4 is 21.6 Å². The molecule has 0 aromatic carbocycles. The first-order valence-corrected chi connectivity index (χ1v) is 6.08. The third kappa shape index (κ3) is 2.52. The van der Waals surface area contributed by atoms with E-state index >= 15 is 0 Å². The van der Waals surface area contributed by atoms with Gasteiger partial charge in [0, 0.05) is 14.2 Å². The summed E-state index contributed by atoms with van der Waals surface area (Å²) in [6, 6.07) is 0. The molecule has 1 unspecified atom stereocenters. The number of rotatable bonds is 2. The Morgan fingerprint density at radius 3 is 2.53 bits per heavy atom. The van der Waals surface area contributed by atoms with Crippen molar-refractivity contribution in [2.45, 2.75) is 42.7 Å². The minimum absolute atomic E-state index is 0.0196. The Morgan fingerprint density at radius 2 is 2.00 bits per heavy atom. The zero-order valence-corrected chi connectivity index (χ0v) is 10.8. The summed E-state index contributed by atoms with van der Waals surface area (Å²) in [4.78, 5) is 0.0196. The summed E-state index contributed by atoms with van der Waals surface area (Å²) in [6.45, 7) is 0. The Hall–Kier alpha value is -0.130. The monoisotopic (exact) mass is 279 g/mol. The van der Waals surface area contributed by atoms with E-state index in [2.05, 4.69) is 21.1 Å². The quantitative estimate of drug-likeness (QED) is 0.366. The molecular formula is C10H18BrNO3. The smallest absolute Gasteiger partial charge is 0.224 e. The van der Waals surface area contributed by atoms with Gasteiger partial charge in [-0.3, -0.25) is 0 Å². The van der Waals surface area contributed by atoms with Gasteiger partial charge in [0.1, 0.15) is 5.71 Å². The molecule has 0 aliphatic heterocycles. The topological polar surface area (TPSA) is 51.0 Å². The number of oxime groups is 1. The Bertz CT molecular complexity index is 229. The maximum absolute atomic E-state index is 9.03. The molecule has 1 saturated carbocycles. The van der Waals surface area contributed by atoms with Crippen LogP contribution in [0.4, 0.5) is 0 Å². The Morgan fingerprint density at radius 1 is 1.33 bits per heavy atom. The molecule has 1 aliphatic rings. The molecule has 5 heteroatoms. The molecule has 0 amide bonds. The molecular weight excluding hydrogens is 262 g/mol. The maximum atomic E-state index is 9.03. The Kier molecular flexibility index (Phi) is 5.02. The van der Waals surface area contributed by atoms with Gasteiger partial charge in [-0.25, -0.2) is 0 Å². The lowest BCUT2D eigenvalue weighted by Gasteiger charge is -2.36. The van der Waals surface area contributed by atoms with Crippen LogP contribution in [0.1, 0.15) is 32.1 Å². The first kappa shape index (κ1) is 12.9. The first-order chi connectivity index (χ1) is 7.21. The van der Waals surface area contributed by atoms with Crippen molar-refractivity contribution in [3.63, 3.8) is 0 Å². The zero-order chi connectivity index (χ0) is 11.3. The van der Waals surface area contributed by atoms with E-state index in [1.54, 1.807) is 14.2 Å². The van der Waals surface area contributed by atoms with Crippen molar-refractivity contribution in [3.8, 4) is 0 Å². The summed E-state index contributed by atoms with van der Waals surface area (Å²) in [5.74, 6) is -0.921. The molecule has 15 heavy (non-hydrogen) atoms. The summed E-state index contributed by atoms with van der Waals surface area (Å²) >= 11 is 3.56. The van der Waals surface area contributed by atoms with E-state index in [1.807, 2.05) is 0 Å². The summed E-state index contributed by atoms with van der Waals surface area (Å²) in [5.41, 5.74) is 0.564. The molecule has 0 bridgehead atoms. The lowest BCUT2D eigenvalue weighted by Crippen LogP contribution is -2.51. The van der Waals surface area contributed by atoms with Crippen molar-refractivity contribution in [1.29, 1.82) is 0 Å². The second kappa shape index (κ2) is 5.82. The fourth-order valence-corrected chi connectivity index (χ4v) is 2.99. The number of halogens is 1. The molecule has 1 rings (SSSR count). The van der Waals surface area contributed by atoms with Gasteiger partial charge in [0.2, 0.25) is 5.79 Å². The lowest BCUT2D eigenvalue weighted by atomic mass is 9.93. The Labute approximate surface area is 98.8 Å². The molecule has 0 aromatic heterocycles.